The van der Waals surface area contributed by atoms with Gasteiger partial charge in [-0.3, -0.25) is 0 Å². The van der Waals surface area contributed by atoms with Crippen molar-refractivity contribution in [1.82, 2.24) is 0 Å². The number of hydrogen-bond donors (Lipinski definition) is 0. The Balaban J connectivity index is 5.80. The molecule has 0 bridgehead atoms. The Bertz CT molecular complexity index is 361. The first kappa shape index (κ1) is 15.5. The van der Waals surface area contributed by atoms with E-state index in [9.17, 15) is 33.0 Å². The van der Waals surface area contributed by atoms with Gasteiger partial charge in [-0.05, 0) is 16.6 Å². The van der Waals surface area contributed by atoms with Crippen molar-refractivity contribution in [2.24, 2.45) is 5.41 Å². The monoisotopic (exact) mass is 252 g/mol. The highest BCUT2D eigenvalue weighted by Crippen LogP contribution is 2.33. The summed E-state index contributed by atoms with van der Waals surface area (Å²) in [5, 5.41) is 21.4. The number of aliphatic carboxylic acids is 2. The SMILES string of the molecule is CC(C)(C)C(C(=O)[O-])=C(CC(F)(F)F)C(=O)[O-]. The maximum Gasteiger partial charge on any atom is 0.393 e. The number of carbonyl (C=O) groups excluding carboxylic acids is 2. The number of hydrogen-bond acceptors (Lipinski definition) is 4. The summed E-state index contributed by atoms with van der Waals surface area (Å²) in [6, 6.07) is 0. The predicted octanol–water partition coefficient (Wildman–Crippen LogP) is -0.219. The van der Waals surface area contributed by atoms with E-state index in [1.165, 1.54) is 20.8 Å². The third-order valence-electron chi connectivity index (χ3n) is 1.88. The van der Waals surface area contributed by atoms with Crippen LogP contribution in [-0.4, -0.2) is 18.1 Å². The Morgan fingerprint density at radius 1 is 1.00 bits per heavy atom. The first-order valence-electron chi connectivity index (χ1n) is 4.59. The second kappa shape index (κ2) is 4.77. The molecule has 0 rings (SSSR count). The average molecular weight is 252 g/mol. The second-order valence-electron chi connectivity index (χ2n) is 4.47. The molecule has 0 radical (unpaired) electrons. The van der Waals surface area contributed by atoms with Crippen molar-refractivity contribution in [3.63, 3.8) is 0 Å². The maximum atomic E-state index is 12.1. The molecule has 0 aromatic carbocycles. The van der Waals surface area contributed by atoms with Crippen LogP contribution in [0.4, 0.5) is 13.2 Å². The van der Waals surface area contributed by atoms with Crippen molar-refractivity contribution < 1.29 is 33.0 Å². The van der Waals surface area contributed by atoms with E-state index in [1.54, 1.807) is 0 Å². The van der Waals surface area contributed by atoms with Crippen LogP contribution in [-0.2, 0) is 9.59 Å². The van der Waals surface area contributed by atoms with Crippen LogP contribution in [0.1, 0.15) is 27.2 Å². The first-order valence-corrected chi connectivity index (χ1v) is 4.59. The standard InChI is InChI=1S/C10H13F3O4/c1-9(2,3)6(8(16)17)5(7(14)15)4-10(11,12)13/h4H2,1-3H3,(H,14,15)(H,16,17)/p-2. The number of carboxylic acid groups (broad SMARTS) is 2. The quantitative estimate of drug-likeness (QED) is 0.650. The molecule has 0 aromatic heterocycles. The van der Waals surface area contributed by atoms with Crippen LogP contribution >= 0.6 is 0 Å². The van der Waals surface area contributed by atoms with E-state index in [-0.39, 0.29) is 0 Å². The van der Waals surface area contributed by atoms with Gasteiger partial charge < -0.3 is 19.8 Å². The fourth-order valence-electron chi connectivity index (χ4n) is 1.35. The molecule has 17 heavy (non-hydrogen) atoms. The number of carbonyl (C=O) groups is 2. The van der Waals surface area contributed by atoms with Gasteiger partial charge in [0.2, 0.25) is 0 Å². The molecule has 0 unspecified atom stereocenters. The maximum absolute atomic E-state index is 12.1. The summed E-state index contributed by atoms with van der Waals surface area (Å²) in [7, 11) is 0. The molecule has 0 atom stereocenters. The molecule has 0 saturated carbocycles. The van der Waals surface area contributed by atoms with Crippen LogP contribution in [0, 0.1) is 5.41 Å². The van der Waals surface area contributed by atoms with Gasteiger partial charge in [0.05, 0.1) is 18.4 Å². The molecule has 98 valence electrons. The average Bonchev–Trinajstić information content (AvgIpc) is 1.96. The molecule has 0 aromatic rings. The third kappa shape index (κ3) is 4.88. The number of alkyl halides is 3. The lowest BCUT2D eigenvalue weighted by atomic mass is 9.82. The van der Waals surface area contributed by atoms with Crippen LogP contribution < -0.4 is 10.2 Å². The van der Waals surface area contributed by atoms with Crippen LogP contribution in [0.15, 0.2) is 11.1 Å². The van der Waals surface area contributed by atoms with E-state index >= 15 is 0 Å². The molecule has 0 aliphatic carbocycles. The second-order valence-corrected chi connectivity index (χ2v) is 4.47. The van der Waals surface area contributed by atoms with Crippen molar-refractivity contribution in [3.05, 3.63) is 11.1 Å². The Morgan fingerprint density at radius 3 is 1.59 bits per heavy atom. The van der Waals surface area contributed by atoms with Crippen LogP contribution in [0.3, 0.4) is 0 Å². The van der Waals surface area contributed by atoms with Crippen molar-refractivity contribution in [1.29, 1.82) is 0 Å². The fraction of sp³-hybridized carbons (Fsp3) is 0.600. The van der Waals surface area contributed by atoms with Crippen molar-refractivity contribution >= 4 is 11.9 Å². The smallest absolute Gasteiger partial charge is 0.393 e. The molecule has 0 aliphatic rings. The largest absolute Gasteiger partial charge is 0.545 e. The molecule has 0 fully saturated rings. The highest BCUT2D eigenvalue weighted by Gasteiger charge is 2.33. The summed E-state index contributed by atoms with van der Waals surface area (Å²) in [5.41, 5.74) is -3.50. The lowest BCUT2D eigenvalue weighted by Crippen LogP contribution is -2.38. The van der Waals surface area contributed by atoms with Gasteiger partial charge in [0, 0.05) is 0 Å². The van der Waals surface area contributed by atoms with Gasteiger partial charge in [0.15, 0.2) is 0 Å². The molecular weight excluding hydrogens is 241 g/mol. The molecule has 7 heteroatoms. The summed E-state index contributed by atoms with van der Waals surface area (Å²) in [6.07, 6.45) is -6.70. The predicted molar refractivity (Wildman–Crippen MR) is 47.2 cm³/mol. The Labute approximate surface area is 95.7 Å². The zero-order chi connectivity index (χ0) is 14.0. The number of carboxylic acids is 2. The van der Waals surface area contributed by atoms with Crippen molar-refractivity contribution in [2.75, 3.05) is 0 Å². The molecule has 0 saturated heterocycles. The molecular formula is C10H11F3O4-2. The molecule has 0 amide bonds. The lowest BCUT2D eigenvalue weighted by molar-refractivity contribution is -0.305. The first-order chi connectivity index (χ1) is 7.36. The summed E-state index contributed by atoms with van der Waals surface area (Å²) < 4.78 is 36.4. The van der Waals surface area contributed by atoms with Gasteiger partial charge in [-0.15, -0.1) is 0 Å². The zero-order valence-electron chi connectivity index (χ0n) is 9.47. The van der Waals surface area contributed by atoms with Gasteiger partial charge in [-0.1, -0.05) is 20.8 Å². The highest BCUT2D eigenvalue weighted by molar-refractivity contribution is 5.98. The minimum atomic E-state index is -4.83. The summed E-state index contributed by atoms with van der Waals surface area (Å²) in [6.45, 7) is 3.83. The summed E-state index contributed by atoms with van der Waals surface area (Å²) in [5.74, 6) is -4.10. The van der Waals surface area contributed by atoms with Crippen LogP contribution in [0.25, 0.3) is 0 Å². The third-order valence-corrected chi connectivity index (χ3v) is 1.88. The molecule has 0 N–H and O–H groups in total. The molecule has 0 heterocycles. The molecule has 0 aliphatic heterocycles. The highest BCUT2D eigenvalue weighted by atomic mass is 19.4. The fourth-order valence-corrected chi connectivity index (χ4v) is 1.35. The lowest BCUT2D eigenvalue weighted by Gasteiger charge is -2.28. The van der Waals surface area contributed by atoms with Crippen molar-refractivity contribution in [3.8, 4) is 0 Å². The van der Waals surface area contributed by atoms with Crippen molar-refractivity contribution in [2.45, 2.75) is 33.4 Å². The van der Waals surface area contributed by atoms with E-state index in [0.717, 1.165) is 0 Å². The normalized spacial score (nSPS) is 14.2. The van der Waals surface area contributed by atoms with Gasteiger partial charge in [0.1, 0.15) is 0 Å². The van der Waals surface area contributed by atoms with Crippen LogP contribution in [0.5, 0.6) is 0 Å². The minimum Gasteiger partial charge on any atom is -0.545 e. The van der Waals surface area contributed by atoms with E-state index in [0.29, 0.717) is 0 Å². The van der Waals surface area contributed by atoms with Gasteiger partial charge in [0.25, 0.3) is 0 Å². The zero-order valence-corrected chi connectivity index (χ0v) is 9.47. The van der Waals surface area contributed by atoms with Gasteiger partial charge in [-0.2, -0.15) is 13.2 Å². The number of rotatable bonds is 3. The Kier molecular flexibility index (Phi) is 4.34. The summed E-state index contributed by atoms with van der Waals surface area (Å²) >= 11 is 0. The van der Waals surface area contributed by atoms with Crippen LogP contribution in [0.2, 0.25) is 0 Å². The van der Waals surface area contributed by atoms with E-state index in [4.69, 9.17) is 0 Å². The minimum absolute atomic E-state index is 0.908. The topological polar surface area (TPSA) is 80.3 Å². The summed E-state index contributed by atoms with van der Waals surface area (Å²) in [4.78, 5) is 21.4. The molecule has 4 nitrogen and oxygen atoms in total. The Morgan fingerprint density at radius 2 is 1.41 bits per heavy atom. The molecule has 0 spiro atoms. The Hall–Kier alpha value is -1.53. The van der Waals surface area contributed by atoms with E-state index < -0.39 is 41.1 Å². The number of halogens is 3. The van der Waals surface area contributed by atoms with Gasteiger partial charge >= 0.3 is 6.18 Å². The van der Waals surface area contributed by atoms with Gasteiger partial charge in [-0.25, -0.2) is 0 Å². The van der Waals surface area contributed by atoms with E-state index in [1.807, 2.05) is 0 Å². The van der Waals surface area contributed by atoms with E-state index in [2.05, 4.69) is 0 Å².